The van der Waals surface area contributed by atoms with Gasteiger partial charge in [-0.2, -0.15) is 0 Å². The molecule has 0 bridgehead atoms. The minimum Gasteiger partial charge on any atom is -0.355 e. The number of rotatable bonds is 4. The molecule has 1 atom stereocenters. The highest BCUT2D eigenvalue weighted by Gasteiger charge is 2.21. The van der Waals surface area contributed by atoms with Crippen LogP contribution in [0.5, 0.6) is 0 Å². The highest BCUT2D eigenvalue weighted by atomic mass is 35.5. The molecule has 5 nitrogen and oxygen atoms in total. The van der Waals surface area contributed by atoms with Crippen LogP contribution in [0.15, 0.2) is 29.3 Å². The molecule has 1 fully saturated rings. The van der Waals surface area contributed by atoms with Gasteiger partial charge in [-0.15, -0.1) is 0 Å². The van der Waals surface area contributed by atoms with Crippen molar-refractivity contribution in [3.8, 4) is 0 Å². The predicted octanol–water partition coefficient (Wildman–Crippen LogP) is 1.25. The number of nitrogens with zero attached hydrogens (tertiary/aromatic N) is 3. The lowest BCUT2D eigenvalue weighted by atomic mass is 10.2. The maximum atomic E-state index is 6.17. The van der Waals surface area contributed by atoms with Crippen LogP contribution in [-0.4, -0.2) is 69.1 Å². The molecule has 1 unspecified atom stereocenters. The second-order valence-electron chi connectivity index (χ2n) is 5.79. The van der Waals surface area contributed by atoms with Gasteiger partial charge in [0.15, 0.2) is 5.96 Å². The predicted molar refractivity (Wildman–Crippen MR) is 93.6 cm³/mol. The summed E-state index contributed by atoms with van der Waals surface area (Å²) in [5, 5.41) is 7.50. The van der Waals surface area contributed by atoms with Crippen LogP contribution in [0.3, 0.4) is 0 Å². The van der Waals surface area contributed by atoms with Gasteiger partial charge in [0.1, 0.15) is 0 Å². The summed E-state index contributed by atoms with van der Waals surface area (Å²) in [5.74, 6) is 0.807. The fraction of sp³-hybridized carbons (Fsp3) is 0.562. The quantitative estimate of drug-likeness (QED) is 0.646. The van der Waals surface area contributed by atoms with E-state index in [0.29, 0.717) is 12.6 Å². The molecule has 122 valence electrons. The lowest BCUT2D eigenvalue weighted by molar-refractivity contribution is 0.116. The molecule has 2 rings (SSSR count). The van der Waals surface area contributed by atoms with Crippen molar-refractivity contribution in [3.63, 3.8) is 0 Å². The van der Waals surface area contributed by atoms with E-state index in [0.717, 1.165) is 42.7 Å². The number of benzene rings is 1. The minimum absolute atomic E-state index is 0.498. The second-order valence-corrected chi connectivity index (χ2v) is 6.20. The first kappa shape index (κ1) is 17.1. The van der Waals surface area contributed by atoms with E-state index in [1.54, 1.807) is 7.05 Å². The van der Waals surface area contributed by atoms with Gasteiger partial charge in [0.2, 0.25) is 0 Å². The number of nitrogens with one attached hydrogen (secondary N) is 2. The molecular formula is C16H26ClN5. The summed E-state index contributed by atoms with van der Waals surface area (Å²) in [6, 6.07) is 8.35. The molecule has 22 heavy (non-hydrogen) atoms. The summed E-state index contributed by atoms with van der Waals surface area (Å²) in [5.41, 5.74) is 1.07. The summed E-state index contributed by atoms with van der Waals surface area (Å²) in [6.45, 7) is 4.86. The maximum Gasteiger partial charge on any atom is 0.191 e. The van der Waals surface area contributed by atoms with Gasteiger partial charge in [-0.25, -0.2) is 0 Å². The van der Waals surface area contributed by atoms with E-state index in [1.807, 2.05) is 24.3 Å². The van der Waals surface area contributed by atoms with Gasteiger partial charge < -0.3 is 15.5 Å². The Hall–Kier alpha value is -1.30. The summed E-state index contributed by atoms with van der Waals surface area (Å²) in [7, 11) is 6.14. The van der Waals surface area contributed by atoms with Gasteiger partial charge in [0.25, 0.3) is 0 Å². The number of hydrogen-bond donors (Lipinski definition) is 2. The third-order valence-electron chi connectivity index (χ3n) is 4.11. The maximum absolute atomic E-state index is 6.17. The molecular weight excluding hydrogens is 298 g/mol. The van der Waals surface area contributed by atoms with Gasteiger partial charge in [0.05, 0.1) is 0 Å². The van der Waals surface area contributed by atoms with Crippen LogP contribution < -0.4 is 10.6 Å². The Morgan fingerprint density at radius 1 is 1.27 bits per heavy atom. The molecule has 1 aliphatic rings. The topological polar surface area (TPSA) is 42.9 Å². The Morgan fingerprint density at radius 2 is 2.05 bits per heavy atom. The van der Waals surface area contributed by atoms with E-state index in [1.165, 1.54) is 0 Å². The fourth-order valence-corrected chi connectivity index (χ4v) is 2.78. The summed E-state index contributed by atoms with van der Waals surface area (Å²) in [4.78, 5) is 9.04. The van der Waals surface area contributed by atoms with Crippen LogP contribution in [0.4, 0.5) is 0 Å². The number of halogens is 1. The lowest BCUT2D eigenvalue weighted by Crippen LogP contribution is -2.55. The standard InChI is InChI=1S/C16H26ClN5/c1-18-16(19-10-13-6-4-5-7-15(13)17)20-11-14-12-21(2)8-9-22(14)3/h4-7,14H,8-12H2,1-3H3,(H2,18,19,20). The van der Waals surface area contributed by atoms with E-state index in [9.17, 15) is 0 Å². The Balaban J connectivity index is 1.81. The average molecular weight is 324 g/mol. The molecule has 0 radical (unpaired) electrons. The smallest absolute Gasteiger partial charge is 0.191 e. The van der Waals surface area contributed by atoms with Crippen molar-refractivity contribution in [2.75, 3.05) is 47.3 Å². The van der Waals surface area contributed by atoms with E-state index in [-0.39, 0.29) is 0 Å². The SMILES string of the molecule is CN=C(NCc1ccccc1Cl)NCC1CN(C)CCN1C. The molecule has 2 N–H and O–H groups in total. The number of piperazine rings is 1. The van der Waals surface area contributed by atoms with Gasteiger partial charge in [0, 0.05) is 50.8 Å². The molecule has 0 aromatic heterocycles. The van der Waals surface area contributed by atoms with E-state index >= 15 is 0 Å². The second kappa shape index (κ2) is 8.36. The highest BCUT2D eigenvalue weighted by Crippen LogP contribution is 2.14. The number of aliphatic imine (C=N–C) groups is 1. The Kier molecular flexibility index (Phi) is 6.49. The van der Waals surface area contributed by atoms with Gasteiger partial charge in [-0.3, -0.25) is 9.89 Å². The van der Waals surface area contributed by atoms with Crippen LogP contribution in [-0.2, 0) is 6.54 Å². The summed E-state index contributed by atoms with van der Waals surface area (Å²) < 4.78 is 0. The number of hydrogen-bond acceptors (Lipinski definition) is 3. The normalized spacial score (nSPS) is 20.9. The zero-order chi connectivity index (χ0) is 15.9. The highest BCUT2D eigenvalue weighted by molar-refractivity contribution is 6.31. The van der Waals surface area contributed by atoms with Crippen molar-refractivity contribution in [2.45, 2.75) is 12.6 Å². The van der Waals surface area contributed by atoms with Crippen molar-refractivity contribution >= 4 is 17.6 Å². The van der Waals surface area contributed by atoms with Gasteiger partial charge in [-0.1, -0.05) is 29.8 Å². The van der Waals surface area contributed by atoms with Crippen LogP contribution in [0, 0.1) is 0 Å². The van der Waals surface area contributed by atoms with Crippen LogP contribution in [0.1, 0.15) is 5.56 Å². The van der Waals surface area contributed by atoms with Crippen molar-refractivity contribution in [1.29, 1.82) is 0 Å². The summed E-state index contributed by atoms with van der Waals surface area (Å²) >= 11 is 6.17. The van der Waals surface area contributed by atoms with Crippen molar-refractivity contribution in [2.24, 2.45) is 4.99 Å². The third-order valence-corrected chi connectivity index (χ3v) is 4.48. The van der Waals surface area contributed by atoms with Crippen molar-refractivity contribution in [3.05, 3.63) is 34.9 Å². The molecule has 0 saturated carbocycles. The minimum atomic E-state index is 0.498. The van der Waals surface area contributed by atoms with Crippen LogP contribution >= 0.6 is 11.6 Å². The van der Waals surface area contributed by atoms with Crippen LogP contribution in [0.2, 0.25) is 5.02 Å². The molecule has 6 heteroatoms. The summed E-state index contributed by atoms with van der Waals surface area (Å²) in [6.07, 6.45) is 0. The largest absolute Gasteiger partial charge is 0.355 e. The zero-order valence-electron chi connectivity index (χ0n) is 13.6. The molecule has 1 aromatic rings. The first-order chi connectivity index (χ1) is 10.6. The molecule has 1 aliphatic heterocycles. The van der Waals surface area contributed by atoms with Crippen molar-refractivity contribution in [1.82, 2.24) is 20.4 Å². The Labute approximate surface area is 138 Å². The zero-order valence-corrected chi connectivity index (χ0v) is 14.4. The molecule has 1 heterocycles. The molecule has 0 spiro atoms. The third kappa shape index (κ3) is 4.87. The number of guanidine groups is 1. The molecule has 1 saturated heterocycles. The van der Waals surface area contributed by atoms with E-state index in [2.05, 4.69) is 39.5 Å². The Bertz CT molecular complexity index is 505. The van der Waals surface area contributed by atoms with Crippen LogP contribution in [0.25, 0.3) is 0 Å². The van der Waals surface area contributed by atoms with E-state index in [4.69, 9.17) is 11.6 Å². The van der Waals surface area contributed by atoms with E-state index < -0.39 is 0 Å². The lowest BCUT2D eigenvalue weighted by Gasteiger charge is -2.37. The van der Waals surface area contributed by atoms with Gasteiger partial charge >= 0.3 is 0 Å². The molecule has 0 amide bonds. The first-order valence-electron chi connectivity index (χ1n) is 7.67. The first-order valence-corrected chi connectivity index (χ1v) is 8.04. The molecule has 1 aromatic carbocycles. The average Bonchev–Trinajstić information content (AvgIpc) is 2.52. The number of likely N-dealkylation sites (N-methyl/N-ethyl adjacent to an activating group) is 2. The monoisotopic (exact) mass is 323 g/mol. The van der Waals surface area contributed by atoms with Gasteiger partial charge in [-0.05, 0) is 25.7 Å². The molecule has 0 aliphatic carbocycles. The fourth-order valence-electron chi connectivity index (χ4n) is 2.58. The Morgan fingerprint density at radius 3 is 2.77 bits per heavy atom. The van der Waals surface area contributed by atoms with Crippen molar-refractivity contribution < 1.29 is 0 Å².